The van der Waals surface area contributed by atoms with Crippen molar-refractivity contribution < 1.29 is 4.74 Å². The minimum atomic E-state index is 0. The molecule has 3 nitrogen and oxygen atoms in total. The van der Waals surface area contributed by atoms with Gasteiger partial charge in [-0.3, -0.25) is 0 Å². The molecule has 0 bridgehead atoms. The van der Waals surface area contributed by atoms with E-state index in [1.54, 1.807) is 18.4 Å². The van der Waals surface area contributed by atoms with Gasteiger partial charge in [0.25, 0.3) is 0 Å². The standard InChI is InChI=1S/C19H20N2OS.BrH/c1-22-13-5-12-20-19-21-18(14-23-19)17-10-8-16(9-11-17)15-6-3-2-4-7-15;/h2-4,6-11,14H,5,12-13H2,1H3,(H,20,21);1H. The number of nitrogens with zero attached hydrogens (tertiary/aromatic N) is 1. The van der Waals surface area contributed by atoms with E-state index in [0.717, 1.165) is 36.0 Å². The molecule has 0 radical (unpaired) electrons. The first kappa shape index (κ1) is 18.6. The molecule has 0 atom stereocenters. The summed E-state index contributed by atoms with van der Waals surface area (Å²) >= 11 is 1.64. The minimum Gasteiger partial charge on any atom is -0.385 e. The second-order valence-electron chi connectivity index (χ2n) is 5.25. The first-order chi connectivity index (χ1) is 11.4. The summed E-state index contributed by atoms with van der Waals surface area (Å²) in [5.74, 6) is 0. The van der Waals surface area contributed by atoms with Crippen molar-refractivity contribution in [1.82, 2.24) is 4.98 Å². The van der Waals surface area contributed by atoms with E-state index in [1.165, 1.54) is 11.1 Å². The van der Waals surface area contributed by atoms with E-state index in [-0.39, 0.29) is 17.0 Å². The van der Waals surface area contributed by atoms with Crippen molar-refractivity contribution in [2.24, 2.45) is 0 Å². The molecule has 0 aliphatic heterocycles. The molecule has 1 heterocycles. The van der Waals surface area contributed by atoms with E-state index < -0.39 is 0 Å². The van der Waals surface area contributed by atoms with Gasteiger partial charge in [-0.05, 0) is 17.5 Å². The van der Waals surface area contributed by atoms with Gasteiger partial charge in [-0.2, -0.15) is 0 Å². The normalized spacial score (nSPS) is 10.2. The van der Waals surface area contributed by atoms with Crippen LogP contribution in [0.15, 0.2) is 60.0 Å². The smallest absolute Gasteiger partial charge is 0.183 e. The van der Waals surface area contributed by atoms with E-state index in [2.05, 4.69) is 64.2 Å². The number of methoxy groups -OCH3 is 1. The Morgan fingerprint density at radius 2 is 1.62 bits per heavy atom. The van der Waals surface area contributed by atoms with Crippen LogP contribution in [-0.2, 0) is 4.74 Å². The second kappa shape index (κ2) is 9.57. The summed E-state index contributed by atoms with van der Waals surface area (Å²) in [4.78, 5) is 4.65. The van der Waals surface area contributed by atoms with Gasteiger partial charge in [-0.1, -0.05) is 54.6 Å². The first-order valence-corrected chi connectivity index (χ1v) is 8.59. The largest absolute Gasteiger partial charge is 0.385 e. The number of benzene rings is 2. The van der Waals surface area contributed by atoms with E-state index >= 15 is 0 Å². The van der Waals surface area contributed by atoms with Crippen molar-refractivity contribution in [2.75, 3.05) is 25.6 Å². The molecular weight excluding hydrogens is 384 g/mol. The molecule has 0 aliphatic carbocycles. The molecular formula is C19H21BrN2OS. The Bertz CT molecular complexity index is 729. The highest BCUT2D eigenvalue weighted by atomic mass is 79.9. The second-order valence-corrected chi connectivity index (χ2v) is 6.11. The average molecular weight is 405 g/mol. The fourth-order valence-electron chi connectivity index (χ4n) is 2.36. The van der Waals surface area contributed by atoms with Crippen LogP contribution in [0.1, 0.15) is 6.42 Å². The first-order valence-electron chi connectivity index (χ1n) is 7.71. The Morgan fingerprint density at radius 3 is 2.33 bits per heavy atom. The lowest BCUT2D eigenvalue weighted by Gasteiger charge is -2.03. The molecule has 1 aromatic heterocycles. The van der Waals surface area contributed by atoms with Crippen LogP contribution in [0, 0.1) is 0 Å². The van der Waals surface area contributed by atoms with E-state index in [4.69, 9.17) is 4.74 Å². The SMILES string of the molecule is Br.COCCCNc1nc(-c2ccc(-c3ccccc3)cc2)cs1. The number of hydrogen-bond donors (Lipinski definition) is 1. The van der Waals surface area contributed by atoms with E-state index in [9.17, 15) is 0 Å². The van der Waals surface area contributed by atoms with Crippen LogP contribution in [0.2, 0.25) is 0 Å². The van der Waals surface area contributed by atoms with Crippen molar-refractivity contribution in [2.45, 2.75) is 6.42 Å². The molecule has 0 saturated heterocycles. The fraction of sp³-hybridized carbons (Fsp3) is 0.211. The molecule has 1 N–H and O–H groups in total. The Kier molecular flexibility index (Phi) is 7.43. The number of nitrogens with one attached hydrogen (secondary N) is 1. The quantitative estimate of drug-likeness (QED) is 0.527. The number of halogens is 1. The Morgan fingerprint density at radius 1 is 0.958 bits per heavy atom. The summed E-state index contributed by atoms with van der Waals surface area (Å²) in [6, 6.07) is 19.0. The monoisotopic (exact) mass is 404 g/mol. The lowest BCUT2D eigenvalue weighted by atomic mass is 10.0. The maximum Gasteiger partial charge on any atom is 0.183 e. The van der Waals surface area contributed by atoms with Gasteiger partial charge in [0, 0.05) is 31.2 Å². The van der Waals surface area contributed by atoms with Gasteiger partial charge < -0.3 is 10.1 Å². The Hall–Kier alpha value is -1.69. The van der Waals surface area contributed by atoms with Gasteiger partial charge >= 0.3 is 0 Å². The molecule has 0 spiro atoms. The topological polar surface area (TPSA) is 34.1 Å². The number of rotatable bonds is 7. The predicted molar refractivity (Wildman–Crippen MR) is 108 cm³/mol. The molecule has 5 heteroatoms. The van der Waals surface area contributed by atoms with Crippen LogP contribution in [-0.4, -0.2) is 25.2 Å². The lowest BCUT2D eigenvalue weighted by Crippen LogP contribution is -2.04. The van der Waals surface area contributed by atoms with E-state index in [0.29, 0.717) is 0 Å². The molecule has 24 heavy (non-hydrogen) atoms. The highest BCUT2D eigenvalue weighted by Crippen LogP contribution is 2.27. The third kappa shape index (κ3) is 4.90. The maximum absolute atomic E-state index is 5.04. The van der Waals surface area contributed by atoms with Gasteiger partial charge in [-0.25, -0.2) is 4.98 Å². The maximum atomic E-state index is 5.04. The molecule has 0 fully saturated rings. The molecule has 2 aromatic carbocycles. The van der Waals surface area contributed by atoms with E-state index in [1.807, 2.05) is 6.07 Å². The zero-order valence-corrected chi connectivity index (χ0v) is 16.1. The highest BCUT2D eigenvalue weighted by Gasteiger charge is 2.05. The van der Waals surface area contributed by atoms with Gasteiger partial charge in [0.05, 0.1) is 5.69 Å². The number of ether oxygens (including phenoxy) is 1. The summed E-state index contributed by atoms with van der Waals surface area (Å²) < 4.78 is 5.04. The summed E-state index contributed by atoms with van der Waals surface area (Å²) in [7, 11) is 1.72. The fourth-order valence-corrected chi connectivity index (χ4v) is 3.11. The summed E-state index contributed by atoms with van der Waals surface area (Å²) in [6.07, 6.45) is 0.983. The van der Waals surface area contributed by atoms with Crippen molar-refractivity contribution in [3.05, 3.63) is 60.0 Å². The summed E-state index contributed by atoms with van der Waals surface area (Å²) in [6.45, 7) is 1.65. The third-order valence-corrected chi connectivity index (χ3v) is 4.39. The van der Waals surface area contributed by atoms with Crippen LogP contribution in [0.5, 0.6) is 0 Å². The van der Waals surface area contributed by atoms with Crippen LogP contribution in [0.3, 0.4) is 0 Å². The molecule has 0 saturated carbocycles. The zero-order valence-electron chi connectivity index (χ0n) is 13.6. The van der Waals surface area contributed by atoms with Crippen molar-refractivity contribution in [3.8, 4) is 22.4 Å². The molecule has 3 rings (SSSR count). The number of hydrogen-bond acceptors (Lipinski definition) is 4. The van der Waals surface area contributed by atoms with Crippen molar-refractivity contribution >= 4 is 33.4 Å². The van der Waals surface area contributed by atoms with Gasteiger partial charge in [0.15, 0.2) is 5.13 Å². The molecule has 0 aliphatic rings. The van der Waals surface area contributed by atoms with Crippen molar-refractivity contribution in [1.29, 1.82) is 0 Å². The lowest BCUT2D eigenvalue weighted by molar-refractivity contribution is 0.198. The molecule has 0 amide bonds. The van der Waals surface area contributed by atoms with Crippen LogP contribution < -0.4 is 5.32 Å². The average Bonchev–Trinajstić information content (AvgIpc) is 3.09. The van der Waals surface area contributed by atoms with Gasteiger partial charge in [0.1, 0.15) is 0 Å². The van der Waals surface area contributed by atoms with Crippen LogP contribution in [0.4, 0.5) is 5.13 Å². The molecule has 3 aromatic rings. The van der Waals surface area contributed by atoms with Gasteiger partial charge in [-0.15, -0.1) is 28.3 Å². The summed E-state index contributed by atoms with van der Waals surface area (Å²) in [5, 5.41) is 6.39. The highest BCUT2D eigenvalue weighted by molar-refractivity contribution is 8.93. The minimum absolute atomic E-state index is 0. The Balaban J connectivity index is 0.00000208. The third-order valence-electron chi connectivity index (χ3n) is 3.59. The summed E-state index contributed by atoms with van der Waals surface area (Å²) in [5.41, 5.74) is 4.62. The number of anilines is 1. The van der Waals surface area contributed by atoms with Gasteiger partial charge in [0.2, 0.25) is 0 Å². The zero-order chi connectivity index (χ0) is 15.9. The number of thiazole rings is 1. The van der Waals surface area contributed by atoms with Crippen LogP contribution >= 0.6 is 28.3 Å². The molecule has 0 unspecified atom stereocenters. The predicted octanol–water partition coefficient (Wildman–Crippen LogP) is 5.50. The molecule has 126 valence electrons. The number of aromatic nitrogens is 1. The Labute approximate surface area is 157 Å². The van der Waals surface area contributed by atoms with Crippen molar-refractivity contribution in [3.63, 3.8) is 0 Å². The van der Waals surface area contributed by atoms with Crippen LogP contribution in [0.25, 0.3) is 22.4 Å².